The van der Waals surface area contributed by atoms with E-state index < -0.39 is 26.6 Å². The monoisotopic (exact) mass is 376 g/mol. The maximum absolute atomic E-state index is 14.0. The zero-order chi connectivity index (χ0) is 19.3. The summed E-state index contributed by atoms with van der Waals surface area (Å²) in [5, 5.41) is 0. The van der Waals surface area contributed by atoms with Crippen molar-refractivity contribution in [1.82, 2.24) is 9.62 Å². The van der Waals surface area contributed by atoms with Crippen molar-refractivity contribution in [2.75, 3.05) is 13.6 Å². The molecule has 0 fully saturated rings. The first-order valence-corrected chi connectivity index (χ1v) is 9.48. The summed E-state index contributed by atoms with van der Waals surface area (Å²) in [6.45, 7) is 5.24. The third kappa shape index (κ3) is 4.36. The largest absolute Gasteiger partial charge is 0.335 e. The fourth-order valence-electron chi connectivity index (χ4n) is 2.42. The van der Waals surface area contributed by atoms with Crippen molar-refractivity contribution in [3.05, 3.63) is 78.1 Å². The van der Waals surface area contributed by atoms with Gasteiger partial charge < -0.3 is 4.90 Å². The number of amides is 1. The SMILES string of the molecule is C=CCNS(=O)(=O)c1cc(C(=O)N(C)C(C)c2ccccc2)ccc1F. The first-order chi connectivity index (χ1) is 12.3. The highest BCUT2D eigenvalue weighted by Crippen LogP contribution is 2.22. The topological polar surface area (TPSA) is 66.5 Å². The van der Waals surface area contributed by atoms with Crippen LogP contribution in [0.1, 0.15) is 28.9 Å². The number of carbonyl (C=O) groups is 1. The molecule has 0 aliphatic carbocycles. The lowest BCUT2D eigenvalue weighted by Gasteiger charge is -2.25. The molecule has 5 nitrogen and oxygen atoms in total. The number of halogens is 1. The van der Waals surface area contributed by atoms with Gasteiger partial charge in [0.2, 0.25) is 10.0 Å². The van der Waals surface area contributed by atoms with E-state index in [1.807, 2.05) is 37.3 Å². The molecule has 138 valence electrons. The second-order valence-corrected chi connectivity index (χ2v) is 7.52. The average molecular weight is 376 g/mol. The summed E-state index contributed by atoms with van der Waals surface area (Å²) in [6, 6.07) is 12.5. The number of hydrogen-bond acceptors (Lipinski definition) is 3. The van der Waals surface area contributed by atoms with Crippen LogP contribution >= 0.6 is 0 Å². The number of sulfonamides is 1. The van der Waals surface area contributed by atoms with Crippen LogP contribution in [0.2, 0.25) is 0 Å². The van der Waals surface area contributed by atoms with E-state index in [0.29, 0.717) is 0 Å². The molecule has 0 spiro atoms. The molecule has 0 aliphatic rings. The summed E-state index contributed by atoms with van der Waals surface area (Å²) in [5.74, 6) is -1.32. The van der Waals surface area contributed by atoms with Crippen LogP contribution in [0.15, 0.2) is 66.1 Å². The van der Waals surface area contributed by atoms with Gasteiger partial charge in [0.25, 0.3) is 5.91 Å². The van der Waals surface area contributed by atoms with Crippen LogP contribution < -0.4 is 4.72 Å². The quantitative estimate of drug-likeness (QED) is 0.755. The van der Waals surface area contributed by atoms with Crippen LogP contribution in [0.5, 0.6) is 0 Å². The molecule has 2 rings (SSSR count). The number of hydrogen-bond donors (Lipinski definition) is 1. The summed E-state index contributed by atoms with van der Waals surface area (Å²) in [6.07, 6.45) is 1.35. The smallest absolute Gasteiger partial charge is 0.254 e. The van der Waals surface area contributed by atoms with Gasteiger partial charge in [-0.15, -0.1) is 6.58 Å². The molecule has 7 heteroatoms. The molecule has 1 unspecified atom stereocenters. The molecule has 2 aromatic carbocycles. The summed E-state index contributed by atoms with van der Waals surface area (Å²) in [7, 11) is -2.46. The molecule has 1 atom stereocenters. The van der Waals surface area contributed by atoms with Gasteiger partial charge in [-0.2, -0.15) is 0 Å². The molecule has 0 saturated carbocycles. The first-order valence-electron chi connectivity index (χ1n) is 8.00. The van der Waals surface area contributed by atoms with E-state index >= 15 is 0 Å². The van der Waals surface area contributed by atoms with Crippen molar-refractivity contribution in [2.45, 2.75) is 17.9 Å². The fourth-order valence-corrected chi connectivity index (χ4v) is 3.52. The van der Waals surface area contributed by atoms with Crippen LogP contribution in [0.3, 0.4) is 0 Å². The Balaban J connectivity index is 2.32. The minimum Gasteiger partial charge on any atom is -0.335 e. The molecule has 1 N–H and O–H groups in total. The van der Waals surface area contributed by atoms with Crippen molar-refractivity contribution < 1.29 is 17.6 Å². The number of benzene rings is 2. The van der Waals surface area contributed by atoms with Gasteiger partial charge in [-0.05, 0) is 30.7 Å². The van der Waals surface area contributed by atoms with Gasteiger partial charge in [-0.3, -0.25) is 4.79 Å². The normalized spacial score (nSPS) is 12.4. The lowest BCUT2D eigenvalue weighted by atomic mass is 10.1. The third-order valence-electron chi connectivity index (χ3n) is 4.07. The van der Waals surface area contributed by atoms with Gasteiger partial charge in [-0.1, -0.05) is 36.4 Å². The Hall–Kier alpha value is -2.51. The molecular formula is C19H21FN2O3S. The Morgan fingerprint density at radius 1 is 1.27 bits per heavy atom. The highest BCUT2D eigenvalue weighted by molar-refractivity contribution is 7.89. The van der Waals surface area contributed by atoms with Crippen LogP contribution in [-0.4, -0.2) is 32.8 Å². The maximum Gasteiger partial charge on any atom is 0.254 e. The van der Waals surface area contributed by atoms with E-state index in [0.717, 1.165) is 17.7 Å². The highest BCUT2D eigenvalue weighted by atomic mass is 32.2. The van der Waals surface area contributed by atoms with Crippen molar-refractivity contribution in [3.8, 4) is 0 Å². The Bertz CT molecular complexity index is 898. The predicted molar refractivity (Wildman–Crippen MR) is 98.7 cm³/mol. The van der Waals surface area contributed by atoms with Gasteiger partial charge in [0.05, 0.1) is 6.04 Å². The summed E-state index contributed by atoms with van der Waals surface area (Å²) < 4.78 is 40.6. The van der Waals surface area contributed by atoms with E-state index in [1.165, 1.54) is 17.0 Å². The van der Waals surface area contributed by atoms with Crippen LogP contribution in [0, 0.1) is 5.82 Å². The average Bonchev–Trinajstić information content (AvgIpc) is 2.65. The summed E-state index contributed by atoms with van der Waals surface area (Å²) in [4.78, 5) is 13.7. The number of carbonyl (C=O) groups excluding carboxylic acids is 1. The minimum atomic E-state index is -4.07. The molecule has 2 aromatic rings. The van der Waals surface area contributed by atoms with Crippen LogP contribution in [0.25, 0.3) is 0 Å². The van der Waals surface area contributed by atoms with Gasteiger partial charge in [-0.25, -0.2) is 17.5 Å². The number of nitrogens with one attached hydrogen (secondary N) is 1. The highest BCUT2D eigenvalue weighted by Gasteiger charge is 2.23. The maximum atomic E-state index is 14.0. The molecule has 0 heterocycles. The Morgan fingerprint density at radius 3 is 2.54 bits per heavy atom. The molecular weight excluding hydrogens is 355 g/mol. The Labute approximate surface area is 153 Å². The van der Waals surface area contributed by atoms with Gasteiger partial charge >= 0.3 is 0 Å². The first kappa shape index (κ1) is 19.8. The van der Waals surface area contributed by atoms with Crippen molar-refractivity contribution in [2.24, 2.45) is 0 Å². The summed E-state index contributed by atoms with van der Waals surface area (Å²) >= 11 is 0. The molecule has 0 aromatic heterocycles. The van der Waals surface area contributed by atoms with Crippen LogP contribution in [-0.2, 0) is 10.0 Å². The van der Waals surface area contributed by atoms with E-state index in [1.54, 1.807) is 7.05 Å². The van der Waals surface area contributed by atoms with Crippen LogP contribution in [0.4, 0.5) is 4.39 Å². The zero-order valence-corrected chi connectivity index (χ0v) is 15.5. The lowest BCUT2D eigenvalue weighted by Crippen LogP contribution is -2.30. The Kier molecular flexibility index (Phi) is 6.28. The van der Waals surface area contributed by atoms with Crippen molar-refractivity contribution >= 4 is 15.9 Å². The predicted octanol–water partition coefficient (Wildman–Crippen LogP) is 3.12. The van der Waals surface area contributed by atoms with E-state index in [2.05, 4.69) is 11.3 Å². The Morgan fingerprint density at radius 2 is 1.92 bits per heavy atom. The van der Waals surface area contributed by atoms with Gasteiger partial charge in [0, 0.05) is 19.2 Å². The molecule has 1 amide bonds. The lowest BCUT2D eigenvalue weighted by molar-refractivity contribution is 0.0742. The summed E-state index contributed by atoms with van der Waals surface area (Å²) in [5.41, 5.74) is 1.03. The van der Waals surface area contributed by atoms with Crippen molar-refractivity contribution in [3.63, 3.8) is 0 Å². The molecule has 0 saturated heterocycles. The number of rotatable bonds is 7. The molecule has 0 radical (unpaired) electrons. The standard InChI is InChI=1S/C19H21FN2O3S/c1-4-12-21-26(24,25)18-13-16(10-11-17(18)20)19(23)22(3)14(2)15-8-6-5-7-9-15/h4-11,13-14,21H,1,12H2,2-3H3. The van der Waals surface area contributed by atoms with Gasteiger partial charge in [0.1, 0.15) is 10.7 Å². The van der Waals surface area contributed by atoms with E-state index in [-0.39, 0.29) is 18.2 Å². The second kappa shape index (κ2) is 8.25. The third-order valence-corrected chi connectivity index (χ3v) is 5.51. The van der Waals surface area contributed by atoms with Gasteiger partial charge in [0.15, 0.2) is 0 Å². The fraction of sp³-hybridized carbons (Fsp3) is 0.211. The molecule has 26 heavy (non-hydrogen) atoms. The van der Waals surface area contributed by atoms with E-state index in [9.17, 15) is 17.6 Å². The molecule has 0 aliphatic heterocycles. The number of nitrogens with zero attached hydrogens (tertiary/aromatic N) is 1. The van der Waals surface area contributed by atoms with Crippen molar-refractivity contribution in [1.29, 1.82) is 0 Å². The van der Waals surface area contributed by atoms with E-state index in [4.69, 9.17) is 0 Å². The second-order valence-electron chi connectivity index (χ2n) is 5.79. The zero-order valence-electron chi connectivity index (χ0n) is 14.6. The molecule has 0 bridgehead atoms. The minimum absolute atomic E-state index is 0.0368.